The highest BCUT2D eigenvalue weighted by molar-refractivity contribution is 6.03. The van der Waals surface area contributed by atoms with Crippen molar-refractivity contribution in [3.8, 4) is 23.0 Å². The van der Waals surface area contributed by atoms with Crippen LogP contribution >= 0.6 is 0 Å². The van der Waals surface area contributed by atoms with Gasteiger partial charge in [-0.15, -0.1) is 0 Å². The van der Waals surface area contributed by atoms with E-state index in [1.807, 2.05) is 20.8 Å². The summed E-state index contributed by atoms with van der Waals surface area (Å²) in [6, 6.07) is 10.3. The smallest absolute Gasteiger partial charge is 0.248 e. The fourth-order valence-electron chi connectivity index (χ4n) is 4.35. The van der Waals surface area contributed by atoms with Crippen molar-refractivity contribution in [3.63, 3.8) is 0 Å². The van der Waals surface area contributed by atoms with Crippen LogP contribution in [0.2, 0.25) is 0 Å². The van der Waals surface area contributed by atoms with Crippen molar-refractivity contribution in [1.82, 2.24) is 10.5 Å². The lowest BCUT2D eigenvalue weighted by molar-refractivity contribution is -0.128. The number of para-hydroxylation sites is 1. The second-order valence-corrected chi connectivity index (χ2v) is 10.4. The van der Waals surface area contributed by atoms with Crippen LogP contribution < -0.4 is 34.5 Å². The number of aryl methyl sites for hydroxylation is 1. The zero-order valence-corrected chi connectivity index (χ0v) is 25.2. The maximum atomic E-state index is 14.1. The number of amides is 3. The van der Waals surface area contributed by atoms with E-state index >= 15 is 0 Å². The number of methoxy groups -OCH3 is 4. The summed E-state index contributed by atoms with van der Waals surface area (Å²) in [7, 11) is 5.91. The van der Waals surface area contributed by atoms with Gasteiger partial charge in [-0.05, 0) is 45.9 Å². The molecule has 0 aliphatic rings. The molecule has 0 saturated carbocycles. The topological polar surface area (TPSA) is 141 Å². The summed E-state index contributed by atoms with van der Waals surface area (Å²) in [5.74, 6) is 0.791. The van der Waals surface area contributed by atoms with Crippen LogP contribution in [0.25, 0.3) is 0 Å². The Morgan fingerprint density at radius 1 is 0.905 bits per heavy atom. The van der Waals surface area contributed by atoms with Crippen LogP contribution in [0.15, 0.2) is 47.0 Å². The first kappa shape index (κ1) is 31.8. The Morgan fingerprint density at radius 3 is 2.17 bits per heavy atom. The summed E-state index contributed by atoms with van der Waals surface area (Å²) in [5, 5.41) is 9.35. The van der Waals surface area contributed by atoms with Gasteiger partial charge in [0.2, 0.25) is 17.7 Å². The molecule has 2 N–H and O–H groups in total. The van der Waals surface area contributed by atoms with E-state index in [0.717, 1.165) is 0 Å². The lowest BCUT2D eigenvalue weighted by Crippen LogP contribution is -2.49. The number of nitrogens with one attached hydrogen (secondary N) is 2. The average molecular weight is 583 g/mol. The first-order valence-electron chi connectivity index (χ1n) is 13.2. The van der Waals surface area contributed by atoms with Crippen molar-refractivity contribution in [2.45, 2.75) is 52.1 Å². The summed E-state index contributed by atoms with van der Waals surface area (Å²) in [6.07, 6.45) is -0.417. The molecule has 0 bridgehead atoms. The maximum absolute atomic E-state index is 14.1. The Kier molecular flexibility index (Phi) is 10.4. The molecule has 1 heterocycles. The van der Waals surface area contributed by atoms with Crippen LogP contribution in [0, 0.1) is 6.92 Å². The summed E-state index contributed by atoms with van der Waals surface area (Å²) >= 11 is 0. The zero-order valence-electron chi connectivity index (χ0n) is 25.2. The number of aromatic nitrogens is 1. The van der Waals surface area contributed by atoms with E-state index in [9.17, 15) is 14.4 Å². The van der Waals surface area contributed by atoms with E-state index in [-0.39, 0.29) is 24.4 Å². The number of hydrogen-bond acceptors (Lipinski definition) is 9. The van der Waals surface area contributed by atoms with Gasteiger partial charge in [0.15, 0.2) is 28.8 Å². The molecule has 42 heavy (non-hydrogen) atoms. The molecule has 0 aliphatic carbocycles. The monoisotopic (exact) mass is 582 g/mol. The molecule has 3 rings (SSSR count). The fraction of sp³-hybridized carbons (Fsp3) is 0.400. The molecule has 3 aromatic rings. The molecule has 12 nitrogen and oxygen atoms in total. The van der Waals surface area contributed by atoms with Gasteiger partial charge in [0.05, 0.1) is 28.4 Å². The SMILES string of the molecule is COc1ccc(N(C(=O)CCC(=O)Nc2cc(C)on2)[C@@H](C(=O)NC(C)(C)C)c2cccc(OC)c2OC)cc1OC. The third-order valence-corrected chi connectivity index (χ3v) is 6.11. The number of anilines is 2. The number of benzene rings is 2. The van der Waals surface area contributed by atoms with E-state index in [1.165, 1.54) is 33.3 Å². The zero-order chi connectivity index (χ0) is 31.0. The Morgan fingerprint density at radius 2 is 1.60 bits per heavy atom. The van der Waals surface area contributed by atoms with Gasteiger partial charge in [0.25, 0.3) is 0 Å². The Hall–Kier alpha value is -4.74. The number of carbonyl (C=O) groups is 3. The van der Waals surface area contributed by atoms with E-state index in [4.69, 9.17) is 23.5 Å². The van der Waals surface area contributed by atoms with Gasteiger partial charge in [-0.3, -0.25) is 19.3 Å². The second-order valence-electron chi connectivity index (χ2n) is 10.4. The van der Waals surface area contributed by atoms with Crippen molar-refractivity contribution in [3.05, 3.63) is 53.8 Å². The average Bonchev–Trinajstić information content (AvgIpc) is 3.36. The summed E-state index contributed by atoms with van der Waals surface area (Å²) < 4.78 is 27.0. The highest BCUT2D eigenvalue weighted by Crippen LogP contribution is 2.41. The van der Waals surface area contributed by atoms with Crippen LogP contribution in [0.3, 0.4) is 0 Å². The van der Waals surface area contributed by atoms with Crippen LogP contribution in [-0.4, -0.2) is 56.9 Å². The van der Waals surface area contributed by atoms with Gasteiger partial charge < -0.3 is 34.1 Å². The van der Waals surface area contributed by atoms with Gasteiger partial charge in [-0.1, -0.05) is 17.3 Å². The molecule has 0 saturated heterocycles. The molecule has 2 aromatic carbocycles. The van der Waals surface area contributed by atoms with Crippen LogP contribution in [-0.2, 0) is 14.4 Å². The molecule has 0 spiro atoms. The second kappa shape index (κ2) is 13.7. The minimum Gasteiger partial charge on any atom is -0.493 e. The van der Waals surface area contributed by atoms with E-state index in [1.54, 1.807) is 49.4 Å². The number of rotatable bonds is 12. The molecule has 0 aliphatic heterocycles. The molecule has 226 valence electrons. The summed E-state index contributed by atoms with van der Waals surface area (Å²) in [6.45, 7) is 7.21. The third-order valence-electron chi connectivity index (χ3n) is 6.11. The first-order valence-corrected chi connectivity index (χ1v) is 13.2. The number of hydrogen-bond donors (Lipinski definition) is 2. The van der Waals surface area contributed by atoms with E-state index in [2.05, 4.69) is 15.8 Å². The third kappa shape index (κ3) is 7.71. The van der Waals surface area contributed by atoms with Crippen LogP contribution in [0.4, 0.5) is 11.5 Å². The molecule has 12 heteroatoms. The summed E-state index contributed by atoms with van der Waals surface area (Å²) in [4.78, 5) is 42.2. The van der Waals surface area contributed by atoms with Crippen LogP contribution in [0.1, 0.15) is 51.0 Å². The lowest BCUT2D eigenvalue weighted by Gasteiger charge is -2.34. The highest BCUT2D eigenvalue weighted by atomic mass is 16.5. The molecule has 0 radical (unpaired) electrons. The Balaban J connectivity index is 2.13. The minimum atomic E-state index is -1.22. The van der Waals surface area contributed by atoms with Crippen molar-refractivity contribution in [2.24, 2.45) is 0 Å². The molecule has 1 atom stereocenters. The number of ether oxygens (including phenoxy) is 4. The van der Waals surface area contributed by atoms with Gasteiger partial charge in [-0.25, -0.2) is 0 Å². The normalized spacial score (nSPS) is 11.7. The molecular weight excluding hydrogens is 544 g/mol. The predicted octanol–water partition coefficient (Wildman–Crippen LogP) is 4.43. The highest BCUT2D eigenvalue weighted by Gasteiger charge is 2.37. The summed E-state index contributed by atoms with van der Waals surface area (Å²) in [5.41, 5.74) is 0.0805. The standard InChI is InChI=1S/C30H38N4O8/c1-18-16-24(33-42-18)31-25(35)14-15-26(36)34(19-12-13-21(38-5)23(17-19)40-7)27(29(37)32-30(2,3)4)20-10-9-11-22(39-6)28(20)41-8/h9-13,16-17,27H,14-15H2,1-8H3,(H,32,37)(H,31,33,35)/t27-/m1/s1. The predicted molar refractivity (Wildman–Crippen MR) is 156 cm³/mol. The molecular formula is C30H38N4O8. The first-order chi connectivity index (χ1) is 19.9. The quantitative estimate of drug-likeness (QED) is 0.317. The maximum Gasteiger partial charge on any atom is 0.248 e. The van der Waals surface area contributed by atoms with Crippen molar-refractivity contribution >= 4 is 29.2 Å². The van der Waals surface area contributed by atoms with E-state index in [0.29, 0.717) is 34.3 Å². The minimum absolute atomic E-state index is 0.183. The van der Waals surface area contributed by atoms with E-state index < -0.39 is 29.3 Å². The van der Waals surface area contributed by atoms with Crippen molar-refractivity contribution in [1.29, 1.82) is 0 Å². The van der Waals surface area contributed by atoms with Gasteiger partial charge in [0.1, 0.15) is 11.8 Å². The molecule has 3 amide bonds. The van der Waals surface area contributed by atoms with Gasteiger partial charge >= 0.3 is 0 Å². The Labute approximate surface area is 245 Å². The van der Waals surface area contributed by atoms with Gasteiger partial charge in [-0.2, -0.15) is 0 Å². The molecule has 0 fully saturated rings. The number of carbonyl (C=O) groups excluding carboxylic acids is 3. The molecule has 1 aromatic heterocycles. The molecule has 0 unspecified atom stereocenters. The Bertz CT molecular complexity index is 1410. The fourth-order valence-corrected chi connectivity index (χ4v) is 4.35. The lowest BCUT2D eigenvalue weighted by atomic mass is 9.98. The van der Waals surface area contributed by atoms with Crippen molar-refractivity contribution in [2.75, 3.05) is 38.7 Å². The van der Waals surface area contributed by atoms with Crippen LogP contribution in [0.5, 0.6) is 23.0 Å². The largest absolute Gasteiger partial charge is 0.493 e. The van der Waals surface area contributed by atoms with Crippen molar-refractivity contribution < 1.29 is 37.9 Å². The van der Waals surface area contributed by atoms with Gasteiger partial charge in [0, 0.05) is 41.8 Å². The number of nitrogens with zero attached hydrogens (tertiary/aromatic N) is 2.